The Labute approximate surface area is 147 Å². The highest BCUT2D eigenvalue weighted by Gasteiger charge is 2.14. The van der Waals surface area contributed by atoms with Crippen LogP contribution in [-0.4, -0.2) is 9.97 Å². The van der Waals surface area contributed by atoms with Crippen LogP contribution in [-0.2, 0) is 6.61 Å². The van der Waals surface area contributed by atoms with Gasteiger partial charge in [-0.15, -0.1) is 0 Å². The molecule has 0 radical (unpaired) electrons. The number of ether oxygens (including phenoxy) is 1. The summed E-state index contributed by atoms with van der Waals surface area (Å²) < 4.78 is 32.2. The average Bonchev–Trinajstić information content (AvgIpc) is 2.62. The van der Waals surface area contributed by atoms with E-state index < -0.39 is 11.6 Å². The average molecular weight is 353 g/mol. The van der Waals surface area contributed by atoms with Crippen molar-refractivity contribution in [2.75, 3.05) is 11.5 Å². The smallest absolute Gasteiger partial charge is 0.222 e. The largest absolute Gasteiger partial charge is 0.486 e. The molecule has 2 aromatic carbocycles. The lowest BCUT2D eigenvalue weighted by molar-refractivity contribution is 0.288. The first kappa shape index (κ1) is 17.1. The number of anilines is 2. The Bertz CT molecular complexity index is 1020. The fraction of sp³-hybridized carbons (Fsp3) is 0.0556. The van der Waals surface area contributed by atoms with Crippen LogP contribution in [0.2, 0.25) is 0 Å². The molecule has 1 aromatic heterocycles. The molecule has 0 spiro atoms. The predicted octanol–water partition coefficient (Wildman–Crippen LogP) is 3.04. The SMILES string of the molecule is N#Cc1c(N)nc(N)nc1-c1cccc(COc2cc(F)ccc2F)c1. The number of aromatic nitrogens is 2. The maximum atomic E-state index is 13.6. The molecule has 0 fully saturated rings. The van der Waals surface area contributed by atoms with Gasteiger partial charge in [0.15, 0.2) is 11.6 Å². The number of nitriles is 1. The van der Waals surface area contributed by atoms with Crippen LogP contribution in [0.4, 0.5) is 20.5 Å². The van der Waals surface area contributed by atoms with Gasteiger partial charge in [0.25, 0.3) is 0 Å². The molecule has 0 saturated carbocycles. The van der Waals surface area contributed by atoms with E-state index in [9.17, 15) is 14.0 Å². The molecule has 6 nitrogen and oxygen atoms in total. The molecule has 3 rings (SSSR count). The number of nitrogen functional groups attached to an aromatic ring is 2. The molecule has 0 aliphatic heterocycles. The van der Waals surface area contributed by atoms with Gasteiger partial charge in [-0.05, 0) is 23.8 Å². The molecule has 130 valence electrons. The lowest BCUT2D eigenvalue weighted by atomic mass is 10.0. The van der Waals surface area contributed by atoms with E-state index in [0.717, 1.165) is 18.2 Å². The van der Waals surface area contributed by atoms with E-state index in [1.165, 1.54) is 0 Å². The summed E-state index contributed by atoms with van der Waals surface area (Å²) in [7, 11) is 0. The molecule has 0 amide bonds. The van der Waals surface area contributed by atoms with E-state index in [-0.39, 0.29) is 35.4 Å². The highest BCUT2D eigenvalue weighted by molar-refractivity contribution is 5.73. The molecule has 4 N–H and O–H groups in total. The van der Waals surface area contributed by atoms with Gasteiger partial charge < -0.3 is 16.2 Å². The molecule has 0 bridgehead atoms. The van der Waals surface area contributed by atoms with Gasteiger partial charge >= 0.3 is 0 Å². The normalized spacial score (nSPS) is 10.3. The zero-order valence-corrected chi connectivity index (χ0v) is 13.4. The van der Waals surface area contributed by atoms with E-state index in [2.05, 4.69) is 9.97 Å². The van der Waals surface area contributed by atoms with E-state index in [1.807, 2.05) is 6.07 Å². The third-order valence-corrected chi connectivity index (χ3v) is 3.55. The van der Waals surface area contributed by atoms with Crippen molar-refractivity contribution in [3.8, 4) is 23.1 Å². The van der Waals surface area contributed by atoms with Gasteiger partial charge in [0.2, 0.25) is 5.95 Å². The first-order valence-electron chi connectivity index (χ1n) is 7.48. The van der Waals surface area contributed by atoms with Crippen LogP contribution in [0.1, 0.15) is 11.1 Å². The summed E-state index contributed by atoms with van der Waals surface area (Å²) in [5.74, 6) is -1.52. The van der Waals surface area contributed by atoms with Gasteiger partial charge in [0.05, 0.1) is 5.69 Å². The van der Waals surface area contributed by atoms with Crippen LogP contribution in [0, 0.1) is 23.0 Å². The second kappa shape index (κ2) is 7.03. The van der Waals surface area contributed by atoms with Gasteiger partial charge in [-0.25, -0.2) is 13.8 Å². The van der Waals surface area contributed by atoms with Gasteiger partial charge in [-0.3, -0.25) is 0 Å². The summed E-state index contributed by atoms with van der Waals surface area (Å²) in [5.41, 5.74) is 13.0. The second-order valence-corrected chi connectivity index (χ2v) is 5.37. The lowest BCUT2D eigenvalue weighted by Gasteiger charge is -2.10. The minimum Gasteiger partial charge on any atom is -0.486 e. The molecular formula is C18H13F2N5O. The molecule has 8 heteroatoms. The predicted molar refractivity (Wildman–Crippen MR) is 91.7 cm³/mol. The topological polar surface area (TPSA) is 111 Å². The monoisotopic (exact) mass is 353 g/mol. The third kappa shape index (κ3) is 3.52. The Morgan fingerprint density at radius 2 is 1.88 bits per heavy atom. The molecule has 0 atom stereocenters. The Morgan fingerprint density at radius 3 is 2.65 bits per heavy atom. The molecule has 0 aliphatic carbocycles. The minimum absolute atomic E-state index is 0.00779. The van der Waals surface area contributed by atoms with Crippen LogP contribution >= 0.6 is 0 Å². The van der Waals surface area contributed by atoms with Crippen LogP contribution in [0.25, 0.3) is 11.3 Å². The van der Waals surface area contributed by atoms with Crippen LogP contribution in [0.3, 0.4) is 0 Å². The Morgan fingerprint density at radius 1 is 1.08 bits per heavy atom. The fourth-order valence-electron chi connectivity index (χ4n) is 2.37. The van der Waals surface area contributed by atoms with E-state index in [0.29, 0.717) is 11.1 Å². The van der Waals surface area contributed by atoms with E-state index >= 15 is 0 Å². The molecule has 1 heterocycles. The van der Waals surface area contributed by atoms with Crippen molar-refractivity contribution in [2.45, 2.75) is 6.61 Å². The quantitative estimate of drug-likeness (QED) is 0.746. The lowest BCUT2D eigenvalue weighted by Crippen LogP contribution is -2.05. The summed E-state index contributed by atoms with van der Waals surface area (Å²) in [4.78, 5) is 7.84. The molecule has 0 aliphatic rings. The molecule has 0 saturated heterocycles. The van der Waals surface area contributed by atoms with Crippen LogP contribution in [0.5, 0.6) is 5.75 Å². The molecule has 3 aromatic rings. The zero-order valence-electron chi connectivity index (χ0n) is 13.4. The van der Waals surface area contributed by atoms with Crippen molar-refractivity contribution >= 4 is 11.8 Å². The number of benzene rings is 2. The molecule has 0 unspecified atom stereocenters. The summed E-state index contributed by atoms with van der Waals surface area (Å²) in [6, 6.07) is 11.8. The Kier molecular flexibility index (Phi) is 4.62. The maximum absolute atomic E-state index is 13.6. The van der Waals surface area contributed by atoms with Gasteiger partial charge in [-0.1, -0.05) is 18.2 Å². The minimum atomic E-state index is -0.661. The number of halogens is 2. The highest BCUT2D eigenvalue weighted by Crippen LogP contribution is 2.26. The van der Waals surface area contributed by atoms with Crippen molar-refractivity contribution in [1.82, 2.24) is 9.97 Å². The van der Waals surface area contributed by atoms with Gasteiger partial charge in [0, 0.05) is 11.6 Å². The number of hydrogen-bond donors (Lipinski definition) is 2. The first-order valence-corrected chi connectivity index (χ1v) is 7.48. The summed E-state index contributed by atoms with van der Waals surface area (Å²) in [6.45, 7) is -0.00779. The van der Waals surface area contributed by atoms with Crippen molar-refractivity contribution in [2.24, 2.45) is 0 Å². The van der Waals surface area contributed by atoms with Crippen molar-refractivity contribution in [3.63, 3.8) is 0 Å². The van der Waals surface area contributed by atoms with Crippen molar-refractivity contribution in [1.29, 1.82) is 5.26 Å². The zero-order chi connectivity index (χ0) is 18.7. The van der Waals surface area contributed by atoms with Crippen LogP contribution in [0.15, 0.2) is 42.5 Å². The number of nitrogens with two attached hydrogens (primary N) is 2. The number of nitrogens with zero attached hydrogens (tertiary/aromatic N) is 3. The molecular weight excluding hydrogens is 340 g/mol. The second-order valence-electron chi connectivity index (χ2n) is 5.37. The van der Waals surface area contributed by atoms with E-state index in [1.54, 1.807) is 24.3 Å². The third-order valence-electron chi connectivity index (χ3n) is 3.55. The van der Waals surface area contributed by atoms with E-state index in [4.69, 9.17) is 16.2 Å². The standard InChI is InChI=1S/C18H13F2N5O/c19-12-4-5-14(20)15(7-12)26-9-10-2-1-3-11(6-10)16-13(8-21)17(22)25-18(23)24-16/h1-7H,9H2,(H4,22,23,24,25). The Balaban J connectivity index is 1.90. The van der Waals surface area contributed by atoms with Crippen molar-refractivity contribution < 1.29 is 13.5 Å². The summed E-state index contributed by atoms with van der Waals surface area (Å²) in [6.07, 6.45) is 0. The fourth-order valence-corrected chi connectivity index (χ4v) is 2.37. The summed E-state index contributed by atoms with van der Waals surface area (Å²) >= 11 is 0. The first-order chi connectivity index (χ1) is 12.5. The highest BCUT2D eigenvalue weighted by atomic mass is 19.1. The van der Waals surface area contributed by atoms with Crippen molar-refractivity contribution in [3.05, 3.63) is 65.2 Å². The van der Waals surface area contributed by atoms with Crippen LogP contribution < -0.4 is 16.2 Å². The number of rotatable bonds is 4. The van der Waals surface area contributed by atoms with Gasteiger partial charge in [0.1, 0.15) is 29.9 Å². The maximum Gasteiger partial charge on any atom is 0.222 e. The molecule has 26 heavy (non-hydrogen) atoms. The van der Waals surface area contributed by atoms with Gasteiger partial charge in [-0.2, -0.15) is 10.2 Å². The Hall–Kier alpha value is -3.73. The summed E-state index contributed by atoms with van der Waals surface area (Å²) in [5, 5.41) is 9.28. The number of hydrogen-bond acceptors (Lipinski definition) is 6.